The number of carbonyl (C=O) groups is 1. The number of hydrogen-bond acceptors (Lipinski definition) is 4. The van der Waals surface area contributed by atoms with Crippen LogP contribution < -0.4 is 5.43 Å². The van der Waals surface area contributed by atoms with E-state index in [4.69, 9.17) is 4.52 Å². The van der Waals surface area contributed by atoms with Gasteiger partial charge in [0.2, 0.25) is 0 Å². The van der Waals surface area contributed by atoms with E-state index >= 15 is 0 Å². The highest BCUT2D eigenvalue weighted by molar-refractivity contribution is 5.93. The van der Waals surface area contributed by atoms with Gasteiger partial charge in [-0.2, -0.15) is 5.10 Å². The molecule has 2 aromatic rings. The van der Waals surface area contributed by atoms with Gasteiger partial charge < -0.3 is 4.52 Å². The van der Waals surface area contributed by atoms with Crippen molar-refractivity contribution in [1.29, 1.82) is 0 Å². The molecule has 0 radical (unpaired) electrons. The minimum Gasteiger partial charge on any atom is -0.361 e. The molecule has 1 heterocycles. The molecule has 0 saturated heterocycles. The molecule has 0 spiro atoms. The summed E-state index contributed by atoms with van der Waals surface area (Å²) in [5, 5.41) is 7.40. The number of aromatic nitrogens is 1. The van der Waals surface area contributed by atoms with Gasteiger partial charge in [0.05, 0.1) is 6.21 Å². The fourth-order valence-corrected chi connectivity index (χ4v) is 1.24. The number of benzene rings is 1. The monoisotopic (exact) mass is 229 g/mol. The zero-order valence-electron chi connectivity index (χ0n) is 9.25. The van der Waals surface area contributed by atoms with Crippen LogP contribution in [0.5, 0.6) is 0 Å². The Balaban J connectivity index is 1.95. The third kappa shape index (κ3) is 3.01. The van der Waals surface area contributed by atoms with Crippen LogP contribution in [0.2, 0.25) is 0 Å². The van der Waals surface area contributed by atoms with Crippen molar-refractivity contribution in [2.75, 3.05) is 0 Å². The summed E-state index contributed by atoms with van der Waals surface area (Å²) in [5.41, 5.74) is 3.49. The number of hydrogen-bond donors (Lipinski definition) is 1. The van der Waals surface area contributed by atoms with Crippen LogP contribution in [0.1, 0.15) is 21.8 Å². The van der Waals surface area contributed by atoms with Crippen LogP contribution in [-0.2, 0) is 0 Å². The second-order valence-corrected chi connectivity index (χ2v) is 3.43. The Morgan fingerprint density at radius 1 is 1.41 bits per heavy atom. The molecule has 5 heteroatoms. The predicted molar refractivity (Wildman–Crippen MR) is 62.7 cm³/mol. The standard InChI is InChI=1S/C12H11N3O2/c1-9-7-11(15-17-9)12(16)14-13-8-10-5-3-2-4-6-10/h2-8H,1H3,(H,14,16)/b13-8+. The Morgan fingerprint density at radius 3 is 2.82 bits per heavy atom. The lowest BCUT2D eigenvalue weighted by Gasteiger charge is -1.94. The van der Waals surface area contributed by atoms with Crippen LogP contribution in [0.25, 0.3) is 0 Å². The number of amides is 1. The van der Waals surface area contributed by atoms with E-state index in [1.165, 1.54) is 0 Å². The second kappa shape index (κ2) is 5.07. The van der Waals surface area contributed by atoms with E-state index in [0.29, 0.717) is 5.76 Å². The summed E-state index contributed by atoms with van der Waals surface area (Å²) in [7, 11) is 0. The minimum atomic E-state index is -0.394. The van der Waals surface area contributed by atoms with Gasteiger partial charge in [-0.15, -0.1) is 0 Å². The third-order valence-corrected chi connectivity index (χ3v) is 2.04. The van der Waals surface area contributed by atoms with Crippen molar-refractivity contribution in [3.63, 3.8) is 0 Å². The normalized spacial score (nSPS) is 10.6. The van der Waals surface area contributed by atoms with Gasteiger partial charge >= 0.3 is 0 Å². The molecule has 1 amide bonds. The van der Waals surface area contributed by atoms with Crippen molar-refractivity contribution in [3.05, 3.63) is 53.4 Å². The van der Waals surface area contributed by atoms with E-state index < -0.39 is 5.91 Å². The summed E-state index contributed by atoms with van der Waals surface area (Å²) in [6, 6.07) is 11.0. The molecule has 0 aliphatic heterocycles. The maximum Gasteiger partial charge on any atom is 0.293 e. The lowest BCUT2D eigenvalue weighted by atomic mass is 10.2. The van der Waals surface area contributed by atoms with Crippen LogP contribution in [0.15, 0.2) is 46.0 Å². The maximum atomic E-state index is 11.5. The van der Waals surface area contributed by atoms with E-state index in [9.17, 15) is 4.79 Å². The molecule has 0 aliphatic carbocycles. The number of carbonyl (C=O) groups excluding carboxylic acids is 1. The highest BCUT2D eigenvalue weighted by Crippen LogP contribution is 2.00. The molecule has 0 saturated carbocycles. The van der Waals surface area contributed by atoms with Crippen LogP contribution in [-0.4, -0.2) is 17.3 Å². The molecule has 17 heavy (non-hydrogen) atoms. The highest BCUT2D eigenvalue weighted by Gasteiger charge is 2.08. The van der Waals surface area contributed by atoms with E-state index in [2.05, 4.69) is 15.7 Å². The van der Waals surface area contributed by atoms with Gasteiger partial charge in [0.1, 0.15) is 5.76 Å². The average molecular weight is 229 g/mol. The van der Waals surface area contributed by atoms with Crippen molar-refractivity contribution < 1.29 is 9.32 Å². The fourth-order valence-electron chi connectivity index (χ4n) is 1.24. The number of nitrogens with one attached hydrogen (secondary N) is 1. The zero-order chi connectivity index (χ0) is 12.1. The molecule has 1 N–H and O–H groups in total. The molecule has 0 fully saturated rings. The first-order valence-electron chi connectivity index (χ1n) is 5.07. The van der Waals surface area contributed by atoms with Gasteiger partial charge in [-0.3, -0.25) is 4.79 Å². The zero-order valence-corrected chi connectivity index (χ0v) is 9.25. The fraction of sp³-hybridized carbons (Fsp3) is 0.0833. The molecule has 0 bridgehead atoms. The van der Waals surface area contributed by atoms with Gasteiger partial charge in [-0.25, -0.2) is 5.43 Å². The van der Waals surface area contributed by atoms with Crippen LogP contribution in [0.3, 0.4) is 0 Å². The van der Waals surface area contributed by atoms with E-state index in [1.807, 2.05) is 30.3 Å². The summed E-state index contributed by atoms with van der Waals surface area (Å²) in [4.78, 5) is 11.5. The lowest BCUT2D eigenvalue weighted by molar-refractivity contribution is 0.0946. The molecular weight excluding hydrogens is 218 g/mol. The van der Waals surface area contributed by atoms with Crippen LogP contribution >= 0.6 is 0 Å². The third-order valence-electron chi connectivity index (χ3n) is 2.04. The molecule has 2 rings (SSSR count). The summed E-state index contributed by atoms with van der Waals surface area (Å²) in [6.45, 7) is 1.72. The van der Waals surface area contributed by atoms with Crippen LogP contribution in [0, 0.1) is 6.92 Å². The Hall–Kier alpha value is -2.43. The number of rotatable bonds is 3. The first-order valence-corrected chi connectivity index (χ1v) is 5.07. The second-order valence-electron chi connectivity index (χ2n) is 3.43. The molecule has 0 aliphatic rings. The van der Waals surface area contributed by atoms with Crippen molar-refractivity contribution in [1.82, 2.24) is 10.6 Å². The molecule has 0 atom stereocenters. The lowest BCUT2D eigenvalue weighted by Crippen LogP contribution is -2.17. The van der Waals surface area contributed by atoms with Gasteiger partial charge in [0, 0.05) is 6.07 Å². The SMILES string of the molecule is Cc1cc(C(=O)N/N=C/c2ccccc2)no1. The van der Waals surface area contributed by atoms with Crippen LogP contribution in [0.4, 0.5) is 0 Å². The van der Waals surface area contributed by atoms with Crippen molar-refractivity contribution >= 4 is 12.1 Å². The highest BCUT2D eigenvalue weighted by atomic mass is 16.5. The molecule has 5 nitrogen and oxygen atoms in total. The van der Waals surface area contributed by atoms with E-state index in [-0.39, 0.29) is 5.69 Å². The van der Waals surface area contributed by atoms with Gasteiger partial charge in [-0.1, -0.05) is 35.5 Å². The van der Waals surface area contributed by atoms with E-state index in [0.717, 1.165) is 5.56 Å². The largest absolute Gasteiger partial charge is 0.361 e. The number of hydrazone groups is 1. The Kier molecular flexibility index (Phi) is 3.30. The molecule has 0 unspecified atom stereocenters. The topological polar surface area (TPSA) is 67.5 Å². The summed E-state index contributed by atoms with van der Waals surface area (Å²) < 4.78 is 4.79. The average Bonchev–Trinajstić information content (AvgIpc) is 2.77. The summed E-state index contributed by atoms with van der Waals surface area (Å²) in [5.74, 6) is 0.191. The first-order chi connectivity index (χ1) is 8.25. The first kappa shape index (κ1) is 11.1. The number of aryl methyl sites for hydroxylation is 1. The quantitative estimate of drug-likeness (QED) is 0.644. The van der Waals surface area contributed by atoms with Gasteiger partial charge in [0.25, 0.3) is 5.91 Å². The Bertz CT molecular complexity index is 532. The van der Waals surface area contributed by atoms with Crippen molar-refractivity contribution in [3.8, 4) is 0 Å². The molecule has 1 aromatic carbocycles. The summed E-state index contributed by atoms with van der Waals surface area (Å²) >= 11 is 0. The van der Waals surface area contributed by atoms with Crippen molar-refractivity contribution in [2.45, 2.75) is 6.92 Å². The van der Waals surface area contributed by atoms with Gasteiger partial charge in [0.15, 0.2) is 5.69 Å². The van der Waals surface area contributed by atoms with Crippen molar-refractivity contribution in [2.24, 2.45) is 5.10 Å². The maximum absolute atomic E-state index is 11.5. The molecular formula is C12H11N3O2. The Labute approximate surface area is 98.1 Å². The molecule has 1 aromatic heterocycles. The Morgan fingerprint density at radius 2 is 2.18 bits per heavy atom. The predicted octanol–water partition coefficient (Wildman–Crippen LogP) is 1.75. The minimum absolute atomic E-state index is 0.215. The van der Waals surface area contributed by atoms with E-state index in [1.54, 1.807) is 19.2 Å². The molecule has 86 valence electrons. The summed E-state index contributed by atoms with van der Waals surface area (Å²) in [6.07, 6.45) is 1.56. The smallest absolute Gasteiger partial charge is 0.293 e. The number of nitrogens with zero attached hydrogens (tertiary/aromatic N) is 2. The van der Waals surface area contributed by atoms with Gasteiger partial charge in [-0.05, 0) is 12.5 Å².